The molecule has 0 aromatic rings. The van der Waals surface area contributed by atoms with Crippen molar-refractivity contribution >= 4 is 6.34 Å². The van der Waals surface area contributed by atoms with Crippen LogP contribution in [0.15, 0.2) is 4.99 Å². The lowest BCUT2D eigenvalue weighted by molar-refractivity contribution is 0.420. The first kappa shape index (κ1) is 10.5. The van der Waals surface area contributed by atoms with Crippen molar-refractivity contribution in [3.8, 4) is 0 Å². The van der Waals surface area contributed by atoms with Crippen LogP contribution in [-0.2, 0) is 0 Å². The Morgan fingerprint density at radius 2 is 2.18 bits per heavy atom. The molecule has 0 aliphatic rings. The monoisotopic (exact) mass is 156 g/mol. The number of nitrogens with zero attached hydrogens (tertiary/aromatic N) is 2. The number of hydrogen-bond donors (Lipinski definition) is 0. The van der Waals surface area contributed by atoms with Gasteiger partial charge in [-0.3, -0.25) is 4.99 Å². The Morgan fingerprint density at radius 3 is 2.64 bits per heavy atom. The molecule has 0 radical (unpaired) electrons. The second-order valence-corrected chi connectivity index (χ2v) is 3.16. The van der Waals surface area contributed by atoms with Crippen LogP contribution in [0.2, 0.25) is 0 Å². The zero-order valence-electron chi connectivity index (χ0n) is 8.17. The molecule has 0 rings (SSSR count). The molecule has 0 bridgehead atoms. The Labute approximate surface area is 70.3 Å². The fourth-order valence-corrected chi connectivity index (χ4v) is 0.883. The smallest absolute Gasteiger partial charge is 0.0843 e. The zero-order valence-corrected chi connectivity index (χ0v) is 8.17. The fraction of sp³-hybridized carbons (Fsp3) is 0.889. The van der Waals surface area contributed by atoms with Crippen LogP contribution in [0, 0.1) is 5.92 Å². The molecule has 1 unspecified atom stereocenters. The van der Waals surface area contributed by atoms with Gasteiger partial charge in [-0.1, -0.05) is 20.3 Å². The third-order valence-corrected chi connectivity index (χ3v) is 1.98. The topological polar surface area (TPSA) is 15.6 Å². The molecule has 0 aliphatic carbocycles. The summed E-state index contributed by atoms with van der Waals surface area (Å²) in [5.41, 5.74) is 0. The van der Waals surface area contributed by atoms with Crippen LogP contribution in [-0.4, -0.2) is 31.9 Å². The number of hydrogen-bond acceptors (Lipinski definition) is 1. The van der Waals surface area contributed by atoms with Gasteiger partial charge in [0.05, 0.1) is 6.34 Å². The Hall–Kier alpha value is -0.530. The third-order valence-electron chi connectivity index (χ3n) is 1.98. The summed E-state index contributed by atoms with van der Waals surface area (Å²) in [4.78, 5) is 6.07. The SMILES string of the molecule is CCC(C)CCN(C)C=NC. The molecular formula is C9H20N2. The molecule has 0 aliphatic heterocycles. The van der Waals surface area contributed by atoms with Gasteiger partial charge in [-0.25, -0.2) is 0 Å². The van der Waals surface area contributed by atoms with Gasteiger partial charge in [0.2, 0.25) is 0 Å². The molecule has 2 nitrogen and oxygen atoms in total. The van der Waals surface area contributed by atoms with E-state index in [1.807, 2.05) is 6.34 Å². The van der Waals surface area contributed by atoms with E-state index in [2.05, 4.69) is 30.8 Å². The molecule has 11 heavy (non-hydrogen) atoms. The lowest BCUT2D eigenvalue weighted by Crippen LogP contribution is -2.19. The second kappa shape index (κ2) is 6.20. The largest absolute Gasteiger partial charge is 0.366 e. The second-order valence-electron chi connectivity index (χ2n) is 3.16. The first-order valence-electron chi connectivity index (χ1n) is 4.33. The molecule has 0 saturated carbocycles. The average molecular weight is 156 g/mol. The van der Waals surface area contributed by atoms with Crippen molar-refractivity contribution in [2.45, 2.75) is 26.7 Å². The summed E-state index contributed by atoms with van der Waals surface area (Å²) in [7, 11) is 3.87. The predicted octanol–water partition coefficient (Wildman–Crippen LogP) is 2.01. The van der Waals surface area contributed by atoms with Crippen LogP contribution in [0.5, 0.6) is 0 Å². The fourth-order valence-electron chi connectivity index (χ4n) is 0.883. The van der Waals surface area contributed by atoms with Crippen molar-refractivity contribution in [1.29, 1.82) is 0 Å². The van der Waals surface area contributed by atoms with Gasteiger partial charge >= 0.3 is 0 Å². The van der Waals surface area contributed by atoms with Gasteiger partial charge < -0.3 is 4.90 Å². The third kappa shape index (κ3) is 5.89. The lowest BCUT2D eigenvalue weighted by atomic mass is 10.1. The van der Waals surface area contributed by atoms with Crippen molar-refractivity contribution < 1.29 is 0 Å². The minimum absolute atomic E-state index is 0.836. The van der Waals surface area contributed by atoms with Crippen molar-refractivity contribution in [2.75, 3.05) is 20.6 Å². The highest BCUT2D eigenvalue weighted by Gasteiger charge is 1.98. The highest BCUT2D eigenvalue weighted by atomic mass is 15.1. The number of aliphatic imine (C=N–C) groups is 1. The quantitative estimate of drug-likeness (QED) is 0.439. The van der Waals surface area contributed by atoms with Crippen LogP contribution in [0.25, 0.3) is 0 Å². The first-order valence-corrected chi connectivity index (χ1v) is 4.33. The van der Waals surface area contributed by atoms with Gasteiger partial charge in [-0.15, -0.1) is 0 Å². The van der Waals surface area contributed by atoms with E-state index in [4.69, 9.17) is 0 Å². The van der Waals surface area contributed by atoms with Crippen LogP contribution < -0.4 is 0 Å². The summed E-state index contributed by atoms with van der Waals surface area (Å²) in [6, 6.07) is 0. The summed E-state index contributed by atoms with van der Waals surface area (Å²) >= 11 is 0. The van der Waals surface area contributed by atoms with E-state index in [0.29, 0.717) is 0 Å². The molecule has 1 atom stereocenters. The molecule has 0 aromatic heterocycles. The van der Waals surface area contributed by atoms with Gasteiger partial charge in [-0.2, -0.15) is 0 Å². The molecule has 0 heterocycles. The van der Waals surface area contributed by atoms with E-state index in [0.717, 1.165) is 12.5 Å². The summed E-state index contributed by atoms with van der Waals surface area (Å²) in [5, 5.41) is 0. The van der Waals surface area contributed by atoms with E-state index in [1.165, 1.54) is 12.8 Å². The molecule has 0 amide bonds. The lowest BCUT2D eigenvalue weighted by Gasteiger charge is -2.15. The predicted molar refractivity (Wildman–Crippen MR) is 51.1 cm³/mol. The zero-order chi connectivity index (χ0) is 8.69. The average Bonchev–Trinajstić information content (AvgIpc) is 2.01. The Kier molecular flexibility index (Phi) is 5.90. The summed E-state index contributed by atoms with van der Waals surface area (Å²) in [6.07, 6.45) is 4.42. The Bertz CT molecular complexity index is 110. The summed E-state index contributed by atoms with van der Waals surface area (Å²) in [6.45, 7) is 5.64. The molecule has 0 N–H and O–H groups in total. The van der Waals surface area contributed by atoms with Crippen molar-refractivity contribution in [3.05, 3.63) is 0 Å². The van der Waals surface area contributed by atoms with Gasteiger partial charge in [0, 0.05) is 20.6 Å². The van der Waals surface area contributed by atoms with Gasteiger partial charge in [0.1, 0.15) is 0 Å². The van der Waals surface area contributed by atoms with Gasteiger partial charge in [0.25, 0.3) is 0 Å². The van der Waals surface area contributed by atoms with Crippen molar-refractivity contribution in [1.82, 2.24) is 4.90 Å². The molecule has 0 spiro atoms. The maximum atomic E-state index is 3.94. The minimum Gasteiger partial charge on any atom is -0.366 e. The molecule has 2 heteroatoms. The Morgan fingerprint density at radius 1 is 1.55 bits per heavy atom. The van der Waals surface area contributed by atoms with Crippen LogP contribution in [0.1, 0.15) is 26.7 Å². The van der Waals surface area contributed by atoms with Crippen LogP contribution in [0.3, 0.4) is 0 Å². The van der Waals surface area contributed by atoms with Gasteiger partial charge in [-0.05, 0) is 12.3 Å². The summed E-state index contributed by atoms with van der Waals surface area (Å²) < 4.78 is 0. The molecule has 0 aromatic carbocycles. The highest BCUT2D eigenvalue weighted by Crippen LogP contribution is 2.05. The van der Waals surface area contributed by atoms with E-state index in [-0.39, 0.29) is 0 Å². The van der Waals surface area contributed by atoms with E-state index < -0.39 is 0 Å². The van der Waals surface area contributed by atoms with E-state index in [1.54, 1.807) is 7.05 Å². The molecule has 66 valence electrons. The normalized spacial score (nSPS) is 13.8. The molecule has 0 fully saturated rings. The highest BCUT2D eigenvalue weighted by molar-refractivity contribution is 5.53. The maximum absolute atomic E-state index is 3.94. The van der Waals surface area contributed by atoms with Crippen LogP contribution >= 0.6 is 0 Å². The van der Waals surface area contributed by atoms with Crippen molar-refractivity contribution in [2.24, 2.45) is 10.9 Å². The number of rotatable bonds is 5. The standard InChI is InChI=1S/C9H20N2/c1-5-9(2)6-7-11(4)8-10-3/h8-9H,5-7H2,1-4H3. The van der Waals surface area contributed by atoms with Crippen LogP contribution in [0.4, 0.5) is 0 Å². The first-order chi connectivity index (χ1) is 5.20. The summed E-state index contributed by atoms with van der Waals surface area (Å²) in [5.74, 6) is 0.836. The van der Waals surface area contributed by atoms with Crippen molar-refractivity contribution in [3.63, 3.8) is 0 Å². The molecular weight excluding hydrogens is 136 g/mol. The van der Waals surface area contributed by atoms with E-state index in [9.17, 15) is 0 Å². The minimum atomic E-state index is 0.836. The Balaban J connectivity index is 3.37. The van der Waals surface area contributed by atoms with Gasteiger partial charge in [0.15, 0.2) is 0 Å². The maximum Gasteiger partial charge on any atom is 0.0843 e. The van der Waals surface area contributed by atoms with E-state index >= 15 is 0 Å². The molecule has 0 saturated heterocycles.